The first-order valence-corrected chi connectivity index (χ1v) is 7.49. The van der Waals surface area contributed by atoms with Crippen molar-refractivity contribution in [3.8, 4) is 0 Å². The van der Waals surface area contributed by atoms with Crippen LogP contribution in [0.5, 0.6) is 0 Å². The Morgan fingerprint density at radius 3 is 2.65 bits per heavy atom. The molecule has 0 atom stereocenters. The van der Waals surface area contributed by atoms with Gasteiger partial charge < -0.3 is 15.8 Å². The van der Waals surface area contributed by atoms with Gasteiger partial charge in [0.05, 0.1) is 0 Å². The lowest BCUT2D eigenvalue weighted by atomic mass is 9.92. The van der Waals surface area contributed by atoms with Crippen molar-refractivity contribution in [2.45, 2.75) is 39.5 Å². The molecule has 1 heterocycles. The van der Waals surface area contributed by atoms with Crippen molar-refractivity contribution in [1.29, 1.82) is 0 Å². The van der Waals surface area contributed by atoms with E-state index in [1.165, 1.54) is 31.4 Å². The number of nitrogens with zero attached hydrogens (tertiary/aromatic N) is 2. The molecule has 0 aliphatic carbocycles. The fourth-order valence-corrected chi connectivity index (χ4v) is 3.07. The molecule has 1 aromatic carbocycles. The fourth-order valence-electron chi connectivity index (χ4n) is 3.07. The Balaban J connectivity index is 2.06. The van der Waals surface area contributed by atoms with Gasteiger partial charge in [-0.3, -0.25) is 0 Å². The Hall–Kier alpha value is -1.71. The third kappa shape index (κ3) is 3.24. The molecule has 20 heavy (non-hydrogen) atoms. The van der Waals surface area contributed by atoms with Gasteiger partial charge in [0.2, 0.25) is 0 Å². The summed E-state index contributed by atoms with van der Waals surface area (Å²) in [6, 6.07) is 6.14. The van der Waals surface area contributed by atoms with Crippen LogP contribution in [0.15, 0.2) is 23.4 Å². The van der Waals surface area contributed by atoms with E-state index in [9.17, 15) is 0 Å². The Labute approximate surface area is 121 Å². The number of amidine groups is 1. The van der Waals surface area contributed by atoms with Crippen molar-refractivity contribution in [2.24, 2.45) is 16.8 Å². The molecule has 110 valence electrons. The van der Waals surface area contributed by atoms with Gasteiger partial charge in [0.15, 0.2) is 5.84 Å². The van der Waals surface area contributed by atoms with Gasteiger partial charge in [-0.15, -0.1) is 0 Å². The number of hydrogen-bond donors (Lipinski definition) is 2. The highest BCUT2D eigenvalue weighted by Crippen LogP contribution is 2.27. The number of piperidine rings is 1. The van der Waals surface area contributed by atoms with Crippen LogP contribution < -0.4 is 10.6 Å². The molecule has 0 aromatic heterocycles. The maximum absolute atomic E-state index is 8.76. The summed E-state index contributed by atoms with van der Waals surface area (Å²) in [5, 5.41) is 11.8. The molecular weight excluding hydrogens is 250 g/mol. The number of rotatable bonds is 4. The van der Waals surface area contributed by atoms with Gasteiger partial charge >= 0.3 is 0 Å². The van der Waals surface area contributed by atoms with Crippen molar-refractivity contribution in [2.75, 3.05) is 18.0 Å². The summed E-state index contributed by atoms with van der Waals surface area (Å²) in [5.41, 5.74) is 8.76. The van der Waals surface area contributed by atoms with Gasteiger partial charge in [0.1, 0.15) is 0 Å². The summed E-state index contributed by atoms with van der Waals surface area (Å²) in [6.07, 6.45) is 5.22. The van der Waals surface area contributed by atoms with Crippen LogP contribution in [0.4, 0.5) is 5.69 Å². The molecule has 4 heteroatoms. The van der Waals surface area contributed by atoms with Crippen LogP contribution in [0.25, 0.3) is 0 Å². The minimum Gasteiger partial charge on any atom is -0.409 e. The summed E-state index contributed by atoms with van der Waals surface area (Å²) in [5.74, 6) is 1.07. The van der Waals surface area contributed by atoms with Gasteiger partial charge in [-0.1, -0.05) is 24.9 Å². The minimum atomic E-state index is 0.177. The predicted molar refractivity (Wildman–Crippen MR) is 83.5 cm³/mol. The molecule has 2 rings (SSSR count). The van der Waals surface area contributed by atoms with Crippen LogP contribution in [0.1, 0.15) is 43.7 Å². The normalized spacial score (nSPS) is 17.5. The highest BCUT2D eigenvalue weighted by molar-refractivity contribution is 5.98. The lowest BCUT2D eigenvalue weighted by Crippen LogP contribution is -2.33. The zero-order valence-corrected chi connectivity index (χ0v) is 12.5. The van der Waals surface area contributed by atoms with E-state index in [2.05, 4.69) is 29.1 Å². The SMILES string of the molecule is CCCC1CCN(c2ccc(/C(N)=N/O)c(C)c2)CC1. The topological polar surface area (TPSA) is 61.8 Å². The Morgan fingerprint density at radius 1 is 1.40 bits per heavy atom. The number of aryl methyl sites for hydroxylation is 1. The molecule has 0 saturated carbocycles. The van der Waals surface area contributed by atoms with E-state index >= 15 is 0 Å². The second-order valence-corrected chi connectivity index (χ2v) is 5.70. The van der Waals surface area contributed by atoms with Crippen LogP contribution in [-0.4, -0.2) is 24.1 Å². The quantitative estimate of drug-likeness (QED) is 0.384. The molecule has 4 nitrogen and oxygen atoms in total. The maximum atomic E-state index is 8.76. The summed E-state index contributed by atoms with van der Waals surface area (Å²) < 4.78 is 0. The van der Waals surface area contributed by atoms with E-state index in [0.717, 1.165) is 30.1 Å². The average molecular weight is 275 g/mol. The number of oxime groups is 1. The van der Waals surface area contributed by atoms with Gasteiger partial charge in [0.25, 0.3) is 0 Å². The van der Waals surface area contributed by atoms with E-state index in [-0.39, 0.29) is 5.84 Å². The highest BCUT2D eigenvalue weighted by Gasteiger charge is 2.19. The molecule has 0 amide bonds. The second-order valence-electron chi connectivity index (χ2n) is 5.70. The third-order valence-electron chi connectivity index (χ3n) is 4.27. The van der Waals surface area contributed by atoms with E-state index in [4.69, 9.17) is 10.9 Å². The second kappa shape index (κ2) is 6.64. The first-order valence-electron chi connectivity index (χ1n) is 7.49. The lowest BCUT2D eigenvalue weighted by molar-refractivity contribution is 0.318. The van der Waals surface area contributed by atoms with Crippen LogP contribution in [0.3, 0.4) is 0 Å². The van der Waals surface area contributed by atoms with Gasteiger partial charge in [-0.25, -0.2) is 0 Å². The van der Waals surface area contributed by atoms with Gasteiger partial charge in [0, 0.05) is 24.3 Å². The van der Waals surface area contributed by atoms with E-state index in [1.807, 2.05) is 13.0 Å². The Morgan fingerprint density at radius 2 is 2.10 bits per heavy atom. The lowest BCUT2D eigenvalue weighted by Gasteiger charge is -2.34. The van der Waals surface area contributed by atoms with Crippen LogP contribution in [0, 0.1) is 12.8 Å². The molecule has 0 radical (unpaired) electrons. The van der Waals surface area contributed by atoms with E-state index in [1.54, 1.807) is 0 Å². The first-order chi connectivity index (χ1) is 9.65. The molecular formula is C16H25N3O. The predicted octanol–water partition coefficient (Wildman–Crippen LogP) is 3.11. The smallest absolute Gasteiger partial charge is 0.170 e. The van der Waals surface area contributed by atoms with Crippen LogP contribution in [0.2, 0.25) is 0 Å². The molecule has 0 unspecified atom stereocenters. The molecule has 1 aliphatic heterocycles. The van der Waals surface area contributed by atoms with Crippen LogP contribution in [-0.2, 0) is 0 Å². The first kappa shape index (κ1) is 14.7. The van der Waals surface area contributed by atoms with E-state index < -0.39 is 0 Å². The standard InChI is InChI=1S/C16H25N3O/c1-3-4-13-7-9-19(10-8-13)14-5-6-15(12(2)11-14)16(17)18-20/h5-6,11,13,20H,3-4,7-10H2,1-2H3,(H2,17,18). The minimum absolute atomic E-state index is 0.177. The van der Waals surface area contributed by atoms with Gasteiger partial charge in [-0.2, -0.15) is 0 Å². The van der Waals surface area contributed by atoms with Crippen molar-refractivity contribution >= 4 is 11.5 Å². The van der Waals surface area contributed by atoms with Gasteiger partial charge in [-0.05, 0) is 49.4 Å². The summed E-state index contributed by atoms with van der Waals surface area (Å²) in [4.78, 5) is 2.44. The van der Waals surface area contributed by atoms with Crippen molar-refractivity contribution in [3.05, 3.63) is 29.3 Å². The number of nitrogens with two attached hydrogens (primary N) is 1. The number of hydrogen-bond acceptors (Lipinski definition) is 3. The molecule has 0 bridgehead atoms. The Bertz CT molecular complexity index is 477. The zero-order valence-electron chi connectivity index (χ0n) is 12.5. The number of benzene rings is 1. The molecule has 1 aromatic rings. The van der Waals surface area contributed by atoms with E-state index in [0.29, 0.717) is 0 Å². The number of anilines is 1. The fraction of sp³-hybridized carbons (Fsp3) is 0.562. The van der Waals surface area contributed by atoms with Crippen molar-refractivity contribution in [3.63, 3.8) is 0 Å². The highest BCUT2D eigenvalue weighted by atomic mass is 16.4. The van der Waals surface area contributed by atoms with Crippen LogP contribution >= 0.6 is 0 Å². The Kier molecular flexibility index (Phi) is 4.88. The monoisotopic (exact) mass is 275 g/mol. The molecule has 3 N–H and O–H groups in total. The molecule has 1 saturated heterocycles. The summed E-state index contributed by atoms with van der Waals surface area (Å²) in [7, 11) is 0. The maximum Gasteiger partial charge on any atom is 0.170 e. The summed E-state index contributed by atoms with van der Waals surface area (Å²) >= 11 is 0. The summed E-state index contributed by atoms with van der Waals surface area (Å²) in [6.45, 7) is 6.53. The van der Waals surface area contributed by atoms with Crippen molar-refractivity contribution in [1.82, 2.24) is 0 Å². The third-order valence-corrected chi connectivity index (χ3v) is 4.27. The largest absolute Gasteiger partial charge is 0.409 e. The average Bonchev–Trinajstić information content (AvgIpc) is 2.47. The molecule has 1 aliphatic rings. The zero-order chi connectivity index (χ0) is 14.5. The van der Waals surface area contributed by atoms with Crippen molar-refractivity contribution < 1.29 is 5.21 Å². The molecule has 0 spiro atoms. The molecule has 1 fully saturated rings.